The fourth-order valence-corrected chi connectivity index (χ4v) is 3.21. The maximum absolute atomic E-state index is 5.47. The molecule has 0 N–H and O–H groups in total. The second kappa shape index (κ2) is 5.02. The van der Waals surface area contributed by atoms with Crippen LogP contribution in [0.25, 0.3) is 10.9 Å². The van der Waals surface area contributed by atoms with E-state index < -0.39 is 0 Å². The summed E-state index contributed by atoms with van der Waals surface area (Å²) in [5, 5.41) is 1.16. The number of aryl methyl sites for hydroxylation is 1. The predicted octanol–water partition coefficient (Wildman–Crippen LogP) is 4.51. The molecular formula is C16H15NOS. The first-order chi connectivity index (χ1) is 9.29. The Morgan fingerprint density at radius 2 is 1.79 bits per heavy atom. The molecule has 1 heterocycles. The molecule has 0 atom stereocenters. The third kappa shape index (κ3) is 2.22. The molecule has 2 nitrogen and oxygen atoms in total. The van der Waals surface area contributed by atoms with Crippen molar-refractivity contribution in [2.45, 2.75) is 11.8 Å². The van der Waals surface area contributed by atoms with Gasteiger partial charge in [-0.25, -0.2) is 0 Å². The maximum Gasteiger partial charge on any atom is 0.145 e. The Morgan fingerprint density at radius 1 is 1.00 bits per heavy atom. The minimum absolute atomic E-state index is 0.919. The first-order valence-electron chi connectivity index (χ1n) is 6.17. The van der Waals surface area contributed by atoms with Crippen LogP contribution in [0, 0.1) is 6.92 Å². The van der Waals surface area contributed by atoms with Gasteiger partial charge in [0.25, 0.3) is 0 Å². The first-order valence-corrected chi connectivity index (χ1v) is 6.95. The van der Waals surface area contributed by atoms with Gasteiger partial charge in [0, 0.05) is 10.3 Å². The van der Waals surface area contributed by atoms with Gasteiger partial charge in [0.1, 0.15) is 5.75 Å². The van der Waals surface area contributed by atoms with E-state index in [0.29, 0.717) is 0 Å². The highest BCUT2D eigenvalue weighted by Crippen LogP contribution is 2.35. The third-order valence-corrected chi connectivity index (χ3v) is 4.09. The Bertz CT molecular complexity index is 703. The zero-order chi connectivity index (χ0) is 13.2. The Kier molecular flexibility index (Phi) is 3.22. The topological polar surface area (TPSA) is 14.2 Å². The van der Waals surface area contributed by atoms with Crippen molar-refractivity contribution in [2.24, 2.45) is 0 Å². The molecule has 0 saturated heterocycles. The number of fused-ring (bicyclic) bond motifs is 1. The number of hydrogen-bond acceptors (Lipinski definition) is 2. The van der Waals surface area contributed by atoms with Crippen LogP contribution in [0.5, 0.6) is 5.75 Å². The van der Waals surface area contributed by atoms with Gasteiger partial charge >= 0.3 is 0 Å². The molecule has 0 bridgehead atoms. The van der Waals surface area contributed by atoms with Gasteiger partial charge < -0.3 is 4.74 Å². The van der Waals surface area contributed by atoms with Crippen molar-refractivity contribution in [1.29, 1.82) is 0 Å². The van der Waals surface area contributed by atoms with E-state index in [0.717, 1.165) is 11.1 Å². The van der Waals surface area contributed by atoms with Gasteiger partial charge in [0.2, 0.25) is 0 Å². The molecule has 0 amide bonds. The zero-order valence-corrected chi connectivity index (χ0v) is 11.8. The fourth-order valence-electron chi connectivity index (χ4n) is 2.22. The largest absolute Gasteiger partial charge is 0.494 e. The maximum atomic E-state index is 5.47. The van der Waals surface area contributed by atoms with E-state index in [2.05, 4.69) is 59.6 Å². The molecule has 3 rings (SSSR count). The van der Waals surface area contributed by atoms with Crippen molar-refractivity contribution in [2.75, 3.05) is 7.11 Å². The SMILES string of the molecule is COc1cn(Sc2ccccc2)c2c(C)cccc12. The lowest BCUT2D eigenvalue weighted by Gasteiger charge is -2.05. The second-order valence-electron chi connectivity index (χ2n) is 4.40. The van der Waals surface area contributed by atoms with Crippen LogP contribution in [0.15, 0.2) is 59.6 Å². The van der Waals surface area contributed by atoms with E-state index in [1.807, 2.05) is 6.07 Å². The Labute approximate surface area is 117 Å². The molecule has 0 unspecified atom stereocenters. The van der Waals surface area contributed by atoms with Crippen LogP contribution in [0.3, 0.4) is 0 Å². The summed E-state index contributed by atoms with van der Waals surface area (Å²) < 4.78 is 7.65. The van der Waals surface area contributed by atoms with Gasteiger partial charge in [0.15, 0.2) is 0 Å². The third-order valence-electron chi connectivity index (χ3n) is 3.12. The summed E-state index contributed by atoms with van der Waals surface area (Å²) in [4.78, 5) is 1.21. The molecule has 19 heavy (non-hydrogen) atoms. The molecule has 0 aliphatic rings. The van der Waals surface area contributed by atoms with Crippen molar-refractivity contribution in [1.82, 2.24) is 3.97 Å². The normalized spacial score (nSPS) is 10.8. The van der Waals surface area contributed by atoms with Crippen LogP contribution in [0.2, 0.25) is 0 Å². The highest BCUT2D eigenvalue weighted by molar-refractivity contribution is 7.98. The van der Waals surface area contributed by atoms with E-state index in [4.69, 9.17) is 4.74 Å². The summed E-state index contributed by atoms with van der Waals surface area (Å²) in [7, 11) is 1.72. The van der Waals surface area contributed by atoms with Crippen molar-refractivity contribution >= 4 is 22.9 Å². The number of aromatic nitrogens is 1. The molecule has 2 aromatic carbocycles. The van der Waals surface area contributed by atoms with Crippen molar-refractivity contribution < 1.29 is 4.74 Å². The lowest BCUT2D eigenvalue weighted by molar-refractivity contribution is 0.419. The summed E-state index contributed by atoms with van der Waals surface area (Å²) in [5.74, 6) is 0.919. The average Bonchev–Trinajstić information content (AvgIpc) is 2.79. The molecule has 0 aliphatic heterocycles. The lowest BCUT2D eigenvalue weighted by atomic mass is 10.2. The summed E-state index contributed by atoms with van der Waals surface area (Å²) in [5.41, 5.74) is 2.47. The number of ether oxygens (including phenoxy) is 1. The van der Waals surface area contributed by atoms with Crippen molar-refractivity contribution in [3.05, 3.63) is 60.3 Å². The number of para-hydroxylation sites is 1. The summed E-state index contributed by atoms with van der Waals surface area (Å²) >= 11 is 1.70. The molecule has 0 fully saturated rings. The van der Waals surface area contributed by atoms with E-state index in [-0.39, 0.29) is 0 Å². The van der Waals surface area contributed by atoms with Gasteiger partial charge in [-0.05, 0) is 42.6 Å². The predicted molar refractivity (Wildman–Crippen MR) is 80.9 cm³/mol. The Morgan fingerprint density at radius 3 is 2.53 bits per heavy atom. The van der Waals surface area contributed by atoms with Crippen LogP contribution in [0.4, 0.5) is 0 Å². The zero-order valence-electron chi connectivity index (χ0n) is 11.0. The number of methoxy groups -OCH3 is 1. The molecule has 0 spiro atoms. The Balaban J connectivity index is 2.13. The van der Waals surface area contributed by atoms with Crippen LogP contribution in [-0.4, -0.2) is 11.1 Å². The highest BCUT2D eigenvalue weighted by Gasteiger charge is 2.11. The fraction of sp³-hybridized carbons (Fsp3) is 0.125. The molecule has 0 aliphatic carbocycles. The smallest absolute Gasteiger partial charge is 0.145 e. The lowest BCUT2D eigenvalue weighted by Crippen LogP contribution is -1.86. The van der Waals surface area contributed by atoms with Gasteiger partial charge in [-0.1, -0.05) is 30.3 Å². The van der Waals surface area contributed by atoms with Crippen molar-refractivity contribution in [3.63, 3.8) is 0 Å². The van der Waals surface area contributed by atoms with Crippen LogP contribution in [-0.2, 0) is 0 Å². The van der Waals surface area contributed by atoms with E-state index in [1.54, 1.807) is 19.1 Å². The van der Waals surface area contributed by atoms with Gasteiger partial charge in [-0.2, -0.15) is 0 Å². The molecule has 0 radical (unpaired) electrons. The number of hydrogen-bond donors (Lipinski definition) is 0. The first kappa shape index (κ1) is 12.2. The van der Waals surface area contributed by atoms with Crippen LogP contribution >= 0.6 is 11.9 Å². The van der Waals surface area contributed by atoms with Gasteiger partial charge in [0.05, 0.1) is 18.8 Å². The average molecular weight is 269 g/mol. The van der Waals surface area contributed by atoms with Gasteiger partial charge in [-0.15, -0.1) is 0 Å². The minimum atomic E-state index is 0.919. The molecule has 0 saturated carbocycles. The molecule has 3 aromatic rings. The van der Waals surface area contributed by atoms with Crippen LogP contribution in [0.1, 0.15) is 5.56 Å². The van der Waals surface area contributed by atoms with Crippen LogP contribution < -0.4 is 4.74 Å². The summed E-state index contributed by atoms with van der Waals surface area (Å²) in [6, 6.07) is 16.7. The molecular weight excluding hydrogens is 254 g/mol. The Hall–Kier alpha value is -1.87. The standard InChI is InChI=1S/C16H15NOS/c1-12-7-6-10-14-15(18-2)11-17(16(12)14)19-13-8-4-3-5-9-13/h3-11H,1-2H3. The number of rotatable bonds is 3. The van der Waals surface area contributed by atoms with Gasteiger partial charge in [-0.3, -0.25) is 3.97 Å². The molecule has 96 valence electrons. The van der Waals surface area contributed by atoms with E-state index in [9.17, 15) is 0 Å². The van der Waals surface area contributed by atoms with E-state index >= 15 is 0 Å². The number of benzene rings is 2. The molecule has 1 aromatic heterocycles. The highest BCUT2D eigenvalue weighted by atomic mass is 32.2. The number of nitrogens with zero attached hydrogens (tertiary/aromatic N) is 1. The molecule has 3 heteroatoms. The minimum Gasteiger partial charge on any atom is -0.494 e. The second-order valence-corrected chi connectivity index (χ2v) is 5.45. The monoisotopic (exact) mass is 269 g/mol. The van der Waals surface area contributed by atoms with E-state index in [1.165, 1.54) is 16.0 Å². The quantitative estimate of drug-likeness (QED) is 0.694. The summed E-state index contributed by atoms with van der Waals surface area (Å²) in [6.07, 6.45) is 2.05. The summed E-state index contributed by atoms with van der Waals surface area (Å²) in [6.45, 7) is 2.13. The van der Waals surface area contributed by atoms with Crippen molar-refractivity contribution in [3.8, 4) is 5.75 Å².